The van der Waals surface area contributed by atoms with E-state index in [0.717, 1.165) is 4.48 Å². The zero-order valence-corrected chi connectivity index (χ0v) is 8.93. The first-order valence-electron chi connectivity index (χ1n) is 2.94. The SMILES string of the molecule is CC[N+](C)(C)CC.Cl.N.[Cl-]. The Kier molecular flexibility index (Phi) is 21.3. The highest BCUT2D eigenvalue weighted by atomic mass is 35.5. The summed E-state index contributed by atoms with van der Waals surface area (Å²) >= 11 is 0. The van der Waals surface area contributed by atoms with Crippen LogP contribution in [0.5, 0.6) is 0 Å². The molecule has 0 aromatic heterocycles. The topological polar surface area (TPSA) is 35.0 Å². The molecule has 2 nitrogen and oxygen atoms in total. The molecule has 0 aliphatic heterocycles. The Morgan fingerprint density at radius 3 is 1.20 bits per heavy atom. The minimum absolute atomic E-state index is 0. The fourth-order valence-corrected chi connectivity index (χ4v) is 0.224. The zero-order chi connectivity index (χ0) is 5.91. The van der Waals surface area contributed by atoms with Crippen molar-refractivity contribution in [3.05, 3.63) is 0 Å². The average Bonchev–Trinajstić information content (AvgIpc) is 1.68. The summed E-state index contributed by atoms with van der Waals surface area (Å²) in [5, 5.41) is 0. The van der Waals surface area contributed by atoms with Crippen LogP contribution >= 0.6 is 12.4 Å². The molecule has 0 unspecified atom stereocenters. The third kappa shape index (κ3) is 11.3. The molecule has 0 spiro atoms. The number of hydrogen-bond acceptors (Lipinski definition) is 1. The highest BCUT2D eigenvalue weighted by Crippen LogP contribution is 1.91. The summed E-state index contributed by atoms with van der Waals surface area (Å²) in [5.74, 6) is 0. The van der Waals surface area contributed by atoms with Crippen molar-refractivity contribution in [2.24, 2.45) is 0 Å². The van der Waals surface area contributed by atoms with Crippen molar-refractivity contribution >= 4 is 12.4 Å². The maximum Gasteiger partial charge on any atom is 0.0753 e. The van der Waals surface area contributed by atoms with Gasteiger partial charge in [0.15, 0.2) is 0 Å². The molecule has 0 amide bonds. The zero-order valence-electron chi connectivity index (χ0n) is 7.35. The molecule has 10 heavy (non-hydrogen) atoms. The van der Waals surface area contributed by atoms with Crippen LogP contribution in [0.4, 0.5) is 0 Å². The fraction of sp³-hybridized carbons (Fsp3) is 1.00. The molecule has 0 aromatic rings. The van der Waals surface area contributed by atoms with Gasteiger partial charge in [-0.2, -0.15) is 0 Å². The second-order valence-corrected chi connectivity index (χ2v) is 2.57. The van der Waals surface area contributed by atoms with Crippen molar-refractivity contribution in [2.45, 2.75) is 13.8 Å². The van der Waals surface area contributed by atoms with Crippen LogP contribution in [0.15, 0.2) is 0 Å². The molecule has 0 saturated heterocycles. The lowest BCUT2D eigenvalue weighted by molar-refractivity contribution is -0.886. The molecular weight excluding hydrogens is 171 g/mol. The van der Waals surface area contributed by atoms with Crippen LogP contribution in [0.2, 0.25) is 0 Å². The van der Waals surface area contributed by atoms with E-state index in [-0.39, 0.29) is 31.0 Å². The van der Waals surface area contributed by atoms with Crippen LogP contribution in [0, 0.1) is 0 Å². The maximum atomic E-state index is 2.24. The van der Waals surface area contributed by atoms with E-state index in [9.17, 15) is 0 Å². The lowest BCUT2D eigenvalue weighted by Gasteiger charge is -2.25. The van der Waals surface area contributed by atoms with E-state index >= 15 is 0 Å². The first-order chi connectivity index (χ1) is 3.12. The molecule has 0 aliphatic carbocycles. The molecule has 68 valence electrons. The Labute approximate surface area is 77.0 Å². The van der Waals surface area contributed by atoms with Crippen molar-refractivity contribution in [3.63, 3.8) is 0 Å². The summed E-state index contributed by atoms with van der Waals surface area (Å²) in [6.45, 7) is 6.89. The van der Waals surface area contributed by atoms with E-state index in [1.54, 1.807) is 0 Å². The first kappa shape index (κ1) is 22.4. The summed E-state index contributed by atoms with van der Waals surface area (Å²) < 4.78 is 1.14. The lowest BCUT2D eigenvalue weighted by Crippen LogP contribution is -3.00. The molecule has 0 radical (unpaired) electrons. The van der Waals surface area contributed by atoms with Gasteiger partial charge in [-0.25, -0.2) is 0 Å². The Bertz CT molecular complexity index is 51.7. The van der Waals surface area contributed by atoms with Gasteiger partial charge in [0, 0.05) is 0 Å². The molecule has 0 heterocycles. The third-order valence-electron chi connectivity index (χ3n) is 1.71. The van der Waals surface area contributed by atoms with Crippen LogP contribution in [0.25, 0.3) is 0 Å². The normalized spacial score (nSPS) is 8.40. The highest BCUT2D eigenvalue weighted by Gasteiger charge is 2.04. The van der Waals surface area contributed by atoms with Gasteiger partial charge in [-0.1, -0.05) is 0 Å². The third-order valence-corrected chi connectivity index (χ3v) is 1.71. The van der Waals surface area contributed by atoms with Crippen molar-refractivity contribution in [1.82, 2.24) is 6.15 Å². The molecule has 4 heteroatoms. The van der Waals surface area contributed by atoms with Crippen LogP contribution in [-0.2, 0) is 0 Å². The first-order valence-corrected chi connectivity index (χ1v) is 2.94. The molecule has 0 bridgehead atoms. The quantitative estimate of drug-likeness (QED) is 0.540. The van der Waals surface area contributed by atoms with Gasteiger partial charge in [0.25, 0.3) is 0 Å². The van der Waals surface area contributed by atoms with Crippen molar-refractivity contribution in [3.8, 4) is 0 Å². The van der Waals surface area contributed by atoms with Gasteiger partial charge >= 0.3 is 0 Å². The Morgan fingerprint density at radius 1 is 1.00 bits per heavy atom. The maximum absolute atomic E-state index is 2.24. The van der Waals surface area contributed by atoms with E-state index < -0.39 is 0 Å². The smallest absolute Gasteiger partial charge is 0.0753 e. The Hall–Kier alpha value is 0.500. The molecule has 0 fully saturated rings. The molecule has 0 aromatic carbocycles. The predicted octanol–water partition coefficient (Wildman–Crippen LogP) is -1.31. The Morgan fingerprint density at radius 2 is 1.20 bits per heavy atom. The minimum Gasteiger partial charge on any atom is -1.00 e. The van der Waals surface area contributed by atoms with Gasteiger partial charge < -0.3 is 23.0 Å². The molecule has 0 saturated carbocycles. The molecule has 0 atom stereocenters. The number of quaternary nitrogens is 1. The summed E-state index contributed by atoms with van der Waals surface area (Å²) in [6, 6.07) is 0. The van der Waals surface area contributed by atoms with Crippen LogP contribution in [0.1, 0.15) is 13.8 Å². The van der Waals surface area contributed by atoms with Crippen molar-refractivity contribution in [1.29, 1.82) is 0 Å². The number of halogens is 2. The van der Waals surface area contributed by atoms with E-state index in [4.69, 9.17) is 0 Å². The second-order valence-electron chi connectivity index (χ2n) is 2.57. The van der Waals surface area contributed by atoms with Gasteiger partial charge in [-0.15, -0.1) is 12.4 Å². The van der Waals surface area contributed by atoms with Gasteiger partial charge in [-0.3, -0.25) is 0 Å². The van der Waals surface area contributed by atoms with E-state index in [1.165, 1.54) is 13.1 Å². The predicted molar refractivity (Wildman–Crippen MR) is 45.5 cm³/mol. The summed E-state index contributed by atoms with van der Waals surface area (Å²) in [6.07, 6.45) is 0. The van der Waals surface area contributed by atoms with Gasteiger partial charge in [-0.05, 0) is 13.8 Å². The molecule has 0 aliphatic rings. The highest BCUT2D eigenvalue weighted by molar-refractivity contribution is 5.85. The van der Waals surface area contributed by atoms with Crippen LogP contribution in [0.3, 0.4) is 0 Å². The average molecular weight is 191 g/mol. The number of hydrogen-bond donors (Lipinski definition) is 1. The van der Waals surface area contributed by atoms with Gasteiger partial charge in [0.1, 0.15) is 0 Å². The number of rotatable bonds is 2. The van der Waals surface area contributed by atoms with E-state index in [0.29, 0.717) is 0 Å². The lowest BCUT2D eigenvalue weighted by atomic mass is 10.5. The van der Waals surface area contributed by atoms with Gasteiger partial charge in [0.05, 0.1) is 27.2 Å². The standard InChI is InChI=1S/C6H16N.2ClH.H3N/c1-5-7(3,4)6-2;;;/h5-6H2,1-4H3;2*1H;1H3/q+1;;;/p-1. The van der Waals surface area contributed by atoms with Crippen molar-refractivity contribution < 1.29 is 16.9 Å². The molecule has 0 rings (SSSR count). The van der Waals surface area contributed by atoms with E-state index in [2.05, 4.69) is 27.9 Å². The monoisotopic (exact) mass is 190 g/mol. The number of nitrogens with zero attached hydrogens (tertiary/aromatic N) is 1. The summed E-state index contributed by atoms with van der Waals surface area (Å²) in [5.41, 5.74) is 0. The Balaban J connectivity index is -0.0000000600. The van der Waals surface area contributed by atoms with Gasteiger partial charge in [0.2, 0.25) is 0 Å². The summed E-state index contributed by atoms with van der Waals surface area (Å²) in [4.78, 5) is 0. The largest absolute Gasteiger partial charge is 1.00 e. The van der Waals surface area contributed by atoms with E-state index in [1.807, 2.05) is 0 Å². The molecule has 3 N–H and O–H groups in total. The van der Waals surface area contributed by atoms with Crippen LogP contribution in [-0.4, -0.2) is 31.7 Å². The molecular formula is C6H20Cl2N2. The fourth-order valence-electron chi connectivity index (χ4n) is 0.224. The second kappa shape index (κ2) is 9.50. The minimum atomic E-state index is 0. The van der Waals surface area contributed by atoms with Crippen LogP contribution < -0.4 is 18.6 Å². The van der Waals surface area contributed by atoms with Crippen molar-refractivity contribution in [2.75, 3.05) is 27.2 Å². The summed E-state index contributed by atoms with van der Waals surface area (Å²) in [7, 11) is 4.47.